The third-order valence-electron chi connectivity index (χ3n) is 5.32. The van der Waals surface area contributed by atoms with E-state index in [2.05, 4.69) is 62.5 Å². The van der Waals surface area contributed by atoms with Gasteiger partial charge in [0.25, 0.3) is 0 Å². The minimum atomic E-state index is -1.97. The van der Waals surface area contributed by atoms with Crippen LogP contribution >= 0.6 is 0 Å². The SMILES string of the molecule is CCCC[CH2][Ti]([CH2]CCCC)([CH]1C=CC=C1)[CH]1C=CC=C1. The van der Waals surface area contributed by atoms with Gasteiger partial charge in [-0.1, -0.05) is 0 Å². The first-order chi connectivity index (χ1) is 10.3. The molecule has 2 aliphatic carbocycles. The molecule has 0 saturated heterocycles. The molecule has 1 heteroatoms. The van der Waals surface area contributed by atoms with Crippen LogP contribution in [0.3, 0.4) is 0 Å². The van der Waals surface area contributed by atoms with E-state index in [0.717, 1.165) is 8.45 Å². The fraction of sp³-hybridized carbons (Fsp3) is 0.600. The summed E-state index contributed by atoms with van der Waals surface area (Å²) in [6.45, 7) is 4.66. The molecule has 0 aliphatic heterocycles. The quantitative estimate of drug-likeness (QED) is 0.295. The van der Waals surface area contributed by atoms with Gasteiger partial charge >= 0.3 is 135 Å². The van der Waals surface area contributed by atoms with Gasteiger partial charge in [0.2, 0.25) is 0 Å². The molecule has 116 valence electrons. The van der Waals surface area contributed by atoms with E-state index in [1.807, 2.05) is 0 Å². The molecule has 0 fully saturated rings. The van der Waals surface area contributed by atoms with Gasteiger partial charge in [-0.05, 0) is 0 Å². The van der Waals surface area contributed by atoms with Crippen molar-refractivity contribution in [2.24, 2.45) is 0 Å². The standard InChI is InChI=1S/2C5H5.2C5H11.Ti/c2*1-2-4-5-3-1;2*1-3-5-4-2;/h2*1-5H;2*1,3-5H2,2H3;. The van der Waals surface area contributed by atoms with Gasteiger partial charge in [-0.2, -0.15) is 0 Å². The first-order valence-corrected chi connectivity index (χ1v) is 13.0. The molecule has 0 amide bonds. The molecular weight excluding hydrogens is 288 g/mol. The summed E-state index contributed by atoms with van der Waals surface area (Å²) in [5.41, 5.74) is 0. The summed E-state index contributed by atoms with van der Waals surface area (Å²) in [5.74, 6) is 0. The van der Waals surface area contributed by atoms with E-state index < -0.39 is 16.6 Å². The van der Waals surface area contributed by atoms with Crippen LogP contribution in [0.25, 0.3) is 0 Å². The Morgan fingerprint density at radius 3 is 1.33 bits per heavy atom. The van der Waals surface area contributed by atoms with Crippen molar-refractivity contribution in [2.45, 2.75) is 70.3 Å². The van der Waals surface area contributed by atoms with Gasteiger partial charge in [0.15, 0.2) is 0 Å². The van der Waals surface area contributed by atoms with Crippen LogP contribution in [-0.2, 0) is 16.6 Å². The Morgan fingerprint density at radius 2 is 1.00 bits per heavy atom. The average Bonchev–Trinajstić information content (AvgIpc) is 3.19. The molecule has 0 aromatic carbocycles. The monoisotopic (exact) mass is 320 g/mol. The van der Waals surface area contributed by atoms with Crippen LogP contribution in [0.5, 0.6) is 0 Å². The van der Waals surface area contributed by atoms with E-state index in [4.69, 9.17) is 0 Å². The Labute approximate surface area is 135 Å². The van der Waals surface area contributed by atoms with E-state index in [1.165, 1.54) is 38.5 Å². The molecule has 0 nitrogen and oxygen atoms in total. The van der Waals surface area contributed by atoms with E-state index in [-0.39, 0.29) is 0 Å². The third-order valence-corrected chi connectivity index (χ3v) is 14.7. The van der Waals surface area contributed by atoms with Crippen molar-refractivity contribution in [3.8, 4) is 0 Å². The summed E-state index contributed by atoms with van der Waals surface area (Å²) in [5, 5.41) is 0. The number of hydrogen-bond acceptors (Lipinski definition) is 0. The van der Waals surface area contributed by atoms with Crippen LogP contribution in [0.4, 0.5) is 0 Å². The second-order valence-corrected chi connectivity index (χ2v) is 14.2. The van der Waals surface area contributed by atoms with Gasteiger partial charge in [-0.25, -0.2) is 0 Å². The Kier molecular flexibility index (Phi) is 7.27. The van der Waals surface area contributed by atoms with Crippen molar-refractivity contribution in [3.63, 3.8) is 0 Å². The van der Waals surface area contributed by atoms with E-state index >= 15 is 0 Å². The van der Waals surface area contributed by atoms with Crippen molar-refractivity contribution < 1.29 is 16.6 Å². The van der Waals surface area contributed by atoms with Gasteiger partial charge in [-0.15, -0.1) is 0 Å². The molecule has 0 saturated carbocycles. The number of hydrogen-bond donors (Lipinski definition) is 0. The first-order valence-electron chi connectivity index (χ1n) is 9.03. The second-order valence-electron chi connectivity index (χ2n) is 6.74. The van der Waals surface area contributed by atoms with Crippen molar-refractivity contribution in [1.29, 1.82) is 0 Å². The summed E-state index contributed by atoms with van der Waals surface area (Å²) in [6.07, 6.45) is 27.7. The van der Waals surface area contributed by atoms with Gasteiger partial charge < -0.3 is 0 Å². The van der Waals surface area contributed by atoms with Crippen LogP contribution in [0.15, 0.2) is 48.6 Å². The molecule has 0 spiro atoms. The molecule has 2 aliphatic rings. The van der Waals surface area contributed by atoms with Crippen molar-refractivity contribution >= 4 is 0 Å². The average molecular weight is 320 g/mol. The van der Waals surface area contributed by atoms with E-state index in [0.29, 0.717) is 0 Å². The predicted molar refractivity (Wildman–Crippen MR) is 92.7 cm³/mol. The zero-order valence-electron chi connectivity index (χ0n) is 13.9. The number of rotatable bonds is 10. The van der Waals surface area contributed by atoms with Crippen LogP contribution < -0.4 is 0 Å². The van der Waals surface area contributed by atoms with E-state index in [9.17, 15) is 0 Å². The van der Waals surface area contributed by atoms with Gasteiger partial charge in [0, 0.05) is 0 Å². The maximum absolute atomic E-state index is 2.53. The third kappa shape index (κ3) is 4.33. The van der Waals surface area contributed by atoms with E-state index in [1.54, 1.807) is 9.45 Å². The van der Waals surface area contributed by atoms with Crippen molar-refractivity contribution in [1.82, 2.24) is 0 Å². The Bertz CT molecular complexity index is 350. The number of unbranched alkanes of at least 4 members (excludes halogenated alkanes) is 4. The van der Waals surface area contributed by atoms with Gasteiger partial charge in [0.05, 0.1) is 0 Å². The summed E-state index contributed by atoms with van der Waals surface area (Å²) >= 11 is -1.97. The molecule has 2 rings (SSSR count). The topological polar surface area (TPSA) is 0 Å². The summed E-state index contributed by atoms with van der Waals surface area (Å²) in [4.78, 5) is 0. The summed E-state index contributed by atoms with van der Waals surface area (Å²) < 4.78 is 4.74. The Hall–Kier alpha value is -0.326. The molecule has 0 heterocycles. The van der Waals surface area contributed by atoms with Crippen molar-refractivity contribution in [2.75, 3.05) is 0 Å². The van der Waals surface area contributed by atoms with Gasteiger partial charge in [-0.3, -0.25) is 0 Å². The van der Waals surface area contributed by atoms with Gasteiger partial charge in [0.1, 0.15) is 0 Å². The molecule has 0 N–H and O–H groups in total. The predicted octanol–water partition coefficient (Wildman–Crippen LogP) is 7.19. The molecular formula is C20H32Ti. The molecule has 0 unspecified atom stereocenters. The Balaban J connectivity index is 2.17. The number of allylic oxidation sites excluding steroid dienone is 8. The zero-order valence-corrected chi connectivity index (χ0v) is 15.5. The second kappa shape index (κ2) is 8.96. The summed E-state index contributed by atoms with van der Waals surface area (Å²) in [7, 11) is 0. The van der Waals surface area contributed by atoms with Crippen LogP contribution in [-0.4, -0.2) is 0 Å². The van der Waals surface area contributed by atoms with Crippen LogP contribution in [0.1, 0.15) is 52.4 Å². The molecule has 0 atom stereocenters. The molecule has 0 aromatic rings. The minimum absolute atomic E-state index is 0.816. The fourth-order valence-corrected chi connectivity index (χ4v) is 13.1. The normalized spacial score (nSPS) is 18.4. The maximum atomic E-state index is 2.53. The first kappa shape index (κ1) is 17.0. The van der Waals surface area contributed by atoms with Crippen molar-refractivity contribution in [3.05, 3.63) is 48.6 Å². The molecule has 0 bridgehead atoms. The summed E-state index contributed by atoms with van der Waals surface area (Å²) in [6, 6.07) is 0. The van der Waals surface area contributed by atoms with Crippen LogP contribution in [0.2, 0.25) is 17.9 Å². The molecule has 0 radical (unpaired) electrons. The van der Waals surface area contributed by atoms with Crippen LogP contribution in [0, 0.1) is 0 Å². The molecule has 0 aromatic heterocycles. The zero-order chi connectivity index (χ0) is 15.0. The molecule has 21 heavy (non-hydrogen) atoms. The Morgan fingerprint density at radius 1 is 0.619 bits per heavy atom. The fourth-order valence-electron chi connectivity index (χ4n) is 4.05.